The number of methoxy groups -OCH3 is 1. The van der Waals surface area contributed by atoms with E-state index in [2.05, 4.69) is 28.2 Å². The Labute approximate surface area is 119 Å². The molecule has 0 saturated carbocycles. The number of ether oxygens (including phenoxy) is 1. The highest BCUT2D eigenvalue weighted by molar-refractivity contribution is 9.10. The second-order valence-corrected chi connectivity index (χ2v) is 5.71. The Hall–Kier alpha value is -0.780. The highest BCUT2D eigenvalue weighted by Crippen LogP contribution is 2.34. The second kappa shape index (κ2) is 6.41. The topological polar surface area (TPSA) is 34.4 Å². The van der Waals surface area contributed by atoms with Gasteiger partial charge in [0.2, 0.25) is 0 Å². The van der Waals surface area contributed by atoms with Crippen molar-refractivity contribution in [1.29, 1.82) is 0 Å². The van der Waals surface area contributed by atoms with Gasteiger partial charge in [-0.25, -0.2) is 0 Å². The van der Waals surface area contributed by atoms with E-state index in [0.29, 0.717) is 0 Å². The number of hydrogen-bond acceptors (Lipinski definition) is 4. The maximum Gasteiger partial charge on any atom is 0.140 e. The van der Waals surface area contributed by atoms with Gasteiger partial charge in [0.1, 0.15) is 17.6 Å². The fourth-order valence-electron chi connectivity index (χ4n) is 1.72. The molecule has 0 aliphatic rings. The Morgan fingerprint density at radius 3 is 2.94 bits per heavy atom. The van der Waals surface area contributed by atoms with Gasteiger partial charge in [-0.3, -0.25) is 0 Å². The maximum atomic E-state index is 5.58. The average Bonchev–Trinajstić information content (AvgIpc) is 3.00. The van der Waals surface area contributed by atoms with Crippen LogP contribution in [0, 0.1) is 0 Å². The normalized spacial score (nSPS) is 12.6. The lowest BCUT2D eigenvalue weighted by Gasteiger charge is -2.15. The van der Waals surface area contributed by atoms with E-state index in [1.165, 1.54) is 4.88 Å². The molecule has 18 heavy (non-hydrogen) atoms. The number of thiophene rings is 1. The summed E-state index contributed by atoms with van der Waals surface area (Å²) >= 11 is 5.19. The molecule has 0 fully saturated rings. The molecule has 1 atom stereocenters. The van der Waals surface area contributed by atoms with Gasteiger partial charge in [0.25, 0.3) is 0 Å². The predicted molar refractivity (Wildman–Crippen MR) is 77.4 cm³/mol. The zero-order valence-corrected chi connectivity index (χ0v) is 12.8. The first-order valence-corrected chi connectivity index (χ1v) is 7.52. The summed E-state index contributed by atoms with van der Waals surface area (Å²) in [5, 5.41) is 5.50. The van der Waals surface area contributed by atoms with Crippen LogP contribution in [0.15, 0.2) is 32.7 Å². The van der Waals surface area contributed by atoms with Gasteiger partial charge >= 0.3 is 0 Å². The minimum absolute atomic E-state index is 0.0724. The highest BCUT2D eigenvalue weighted by atomic mass is 79.9. The Morgan fingerprint density at radius 2 is 2.39 bits per heavy atom. The molecule has 0 saturated heterocycles. The fourth-order valence-corrected chi connectivity index (χ4v) is 3.07. The third kappa shape index (κ3) is 2.96. The first kappa shape index (κ1) is 13.6. The van der Waals surface area contributed by atoms with Crippen molar-refractivity contribution >= 4 is 27.3 Å². The number of nitrogens with one attached hydrogen (secondary N) is 1. The van der Waals surface area contributed by atoms with Crippen LogP contribution in [0.25, 0.3) is 0 Å². The summed E-state index contributed by atoms with van der Waals surface area (Å²) in [5.74, 6) is 1.80. The summed E-state index contributed by atoms with van der Waals surface area (Å²) in [6, 6.07) is 4.04. The summed E-state index contributed by atoms with van der Waals surface area (Å²) in [6.45, 7) is 3.09. The first-order valence-electron chi connectivity index (χ1n) is 5.85. The fraction of sp³-hybridized carbons (Fsp3) is 0.385. The molecule has 0 aliphatic carbocycles. The van der Waals surface area contributed by atoms with Crippen LogP contribution in [0.1, 0.15) is 30.0 Å². The summed E-state index contributed by atoms with van der Waals surface area (Å²) in [7, 11) is 1.68. The van der Waals surface area contributed by atoms with Gasteiger partial charge in [0, 0.05) is 10.3 Å². The molecule has 2 aromatic heterocycles. The second-order valence-electron chi connectivity index (χ2n) is 3.91. The number of hydrogen-bond donors (Lipinski definition) is 1. The molecule has 1 unspecified atom stereocenters. The van der Waals surface area contributed by atoms with Gasteiger partial charge in [-0.1, -0.05) is 6.92 Å². The van der Waals surface area contributed by atoms with Gasteiger partial charge in [-0.05, 0) is 41.0 Å². The molecule has 5 heteroatoms. The molecule has 0 spiro atoms. The molecule has 0 aromatic carbocycles. The van der Waals surface area contributed by atoms with Crippen LogP contribution in [0.5, 0.6) is 5.75 Å². The van der Waals surface area contributed by atoms with E-state index >= 15 is 0 Å². The highest BCUT2D eigenvalue weighted by Gasteiger charge is 2.21. The number of furan rings is 1. The summed E-state index contributed by atoms with van der Waals surface area (Å²) < 4.78 is 11.8. The molecular formula is C13H16BrNO2S. The van der Waals surface area contributed by atoms with Gasteiger partial charge in [0.15, 0.2) is 0 Å². The van der Waals surface area contributed by atoms with E-state index in [1.54, 1.807) is 24.7 Å². The molecule has 0 radical (unpaired) electrons. The molecule has 2 rings (SSSR count). The number of halogens is 1. The van der Waals surface area contributed by atoms with Crippen LogP contribution in [0.3, 0.4) is 0 Å². The van der Waals surface area contributed by atoms with Gasteiger partial charge in [-0.2, -0.15) is 0 Å². The van der Waals surface area contributed by atoms with Crippen LogP contribution in [0.4, 0.5) is 0 Å². The SMILES string of the molecule is CCCNC(c1cc(OC)cs1)c1occc1Br. The molecule has 1 N–H and O–H groups in total. The summed E-state index contributed by atoms with van der Waals surface area (Å²) in [6.07, 6.45) is 2.78. The Balaban J connectivity index is 2.27. The third-order valence-electron chi connectivity index (χ3n) is 2.62. The molecule has 98 valence electrons. The van der Waals surface area contributed by atoms with Crippen molar-refractivity contribution in [3.05, 3.63) is 38.9 Å². The van der Waals surface area contributed by atoms with Crippen molar-refractivity contribution < 1.29 is 9.15 Å². The van der Waals surface area contributed by atoms with Crippen LogP contribution in [-0.4, -0.2) is 13.7 Å². The smallest absolute Gasteiger partial charge is 0.140 e. The van der Waals surface area contributed by atoms with Crippen LogP contribution < -0.4 is 10.1 Å². The van der Waals surface area contributed by atoms with E-state index in [1.807, 2.05) is 17.5 Å². The van der Waals surface area contributed by atoms with Crippen molar-refractivity contribution in [3.63, 3.8) is 0 Å². The maximum absolute atomic E-state index is 5.58. The molecule has 2 aromatic rings. The third-order valence-corrected chi connectivity index (χ3v) is 4.25. The van der Waals surface area contributed by atoms with E-state index in [-0.39, 0.29) is 6.04 Å². The molecule has 0 bridgehead atoms. The van der Waals surface area contributed by atoms with E-state index < -0.39 is 0 Å². The zero-order valence-electron chi connectivity index (χ0n) is 10.4. The van der Waals surface area contributed by atoms with E-state index in [9.17, 15) is 0 Å². The molecule has 0 aliphatic heterocycles. The van der Waals surface area contributed by atoms with Gasteiger partial charge < -0.3 is 14.5 Å². The Morgan fingerprint density at radius 1 is 1.56 bits per heavy atom. The summed E-state index contributed by atoms with van der Waals surface area (Å²) in [5.41, 5.74) is 0. The Bertz CT molecular complexity index is 495. The first-order chi connectivity index (χ1) is 8.76. The monoisotopic (exact) mass is 329 g/mol. The van der Waals surface area contributed by atoms with Crippen molar-refractivity contribution in [3.8, 4) is 5.75 Å². The standard InChI is InChI=1S/C13H16BrNO2S/c1-3-5-15-12(13-10(14)4-6-17-13)11-7-9(16-2)8-18-11/h4,6-8,12,15H,3,5H2,1-2H3. The molecule has 2 heterocycles. The van der Waals surface area contributed by atoms with Crippen molar-refractivity contribution in [2.24, 2.45) is 0 Å². The van der Waals surface area contributed by atoms with Crippen LogP contribution >= 0.6 is 27.3 Å². The van der Waals surface area contributed by atoms with Gasteiger partial charge in [-0.15, -0.1) is 11.3 Å². The molecule has 0 amide bonds. The molecule has 3 nitrogen and oxygen atoms in total. The van der Waals surface area contributed by atoms with Gasteiger partial charge in [0.05, 0.1) is 17.8 Å². The largest absolute Gasteiger partial charge is 0.496 e. The minimum atomic E-state index is 0.0724. The lowest BCUT2D eigenvalue weighted by molar-refractivity contribution is 0.414. The lowest BCUT2D eigenvalue weighted by Crippen LogP contribution is -2.22. The summed E-state index contributed by atoms with van der Waals surface area (Å²) in [4.78, 5) is 1.19. The van der Waals surface area contributed by atoms with Crippen molar-refractivity contribution in [1.82, 2.24) is 5.32 Å². The lowest BCUT2D eigenvalue weighted by atomic mass is 10.2. The van der Waals surface area contributed by atoms with E-state index in [4.69, 9.17) is 9.15 Å². The minimum Gasteiger partial charge on any atom is -0.496 e. The average molecular weight is 330 g/mol. The zero-order chi connectivity index (χ0) is 13.0. The quantitative estimate of drug-likeness (QED) is 0.862. The Kier molecular flexibility index (Phi) is 4.86. The van der Waals surface area contributed by atoms with Crippen LogP contribution in [0.2, 0.25) is 0 Å². The van der Waals surface area contributed by atoms with E-state index in [0.717, 1.165) is 28.9 Å². The molecular weight excluding hydrogens is 314 g/mol. The van der Waals surface area contributed by atoms with Crippen molar-refractivity contribution in [2.45, 2.75) is 19.4 Å². The predicted octanol–water partition coefficient (Wildman–Crippen LogP) is 4.20. The van der Waals surface area contributed by atoms with Crippen LogP contribution in [-0.2, 0) is 0 Å². The number of rotatable bonds is 6. The van der Waals surface area contributed by atoms with Crippen molar-refractivity contribution in [2.75, 3.05) is 13.7 Å².